The number of rotatable bonds is 1. The van der Waals surface area contributed by atoms with Crippen molar-refractivity contribution in [1.82, 2.24) is 4.98 Å². The topological polar surface area (TPSA) is 47.0 Å². The minimum absolute atomic E-state index is 0.112. The Bertz CT molecular complexity index is 863. The molecule has 21 heavy (non-hydrogen) atoms. The van der Waals surface area contributed by atoms with Crippen LogP contribution in [-0.2, 0) is 0 Å². The molecule has 0 spiro atoms. The number of fused-ring (bicyclic) bond motifs is 2. The van der Waals surface area contributed by atoms with Crippen molar-refractivity contribution in [2.24, 2.45) is 0 Å². The summed E-state index contributed by atoms with van der Waals surface area (Å²) in [4.78, 5) is 29.3. The van der Waals surface area contributed by atoms with Crippen LogP contribution in [0.1, 0.15) is 32.2 Å². The SMILES string of the molecule is O=C1c2ccccc2C(=O)C1c1ccc2ncccc2c1. The molecule has 0 N–H and O–H groups in total. The zero-order valence-electron chi connectivity index (χ0n) is 11.1. The summed E-state index contributed by atoms with van der Waals surface area (Å²) in [5.41, 5.74) is 2.65. The van der Waals surface area contributed by atoms with Gasteiger partial charge < -0.3 is 0 Å². The molecule has 4 rings (SSSR count). The molecule has 1 aliphatic rings. The largest absolute Gasteiger partial charge is 0.293 e. The first-order valence-corrected chi connectivity index (χ1v) is 6.78. The predicted octanol–water partition coefficient (Wildman–Crippen LogP) is 3.40. The zero-order valence-corrected chi connectivity index (χ0v) is 11.1. The number of Topliss-reactive ketones (excluding diaryl/α,β-unsaturated/α-hetero) is 2. The first kappa shape index (κ1) is 12.0. The quantitative estimate of drug-likeness (QED) is 0.638. The van der Waals surface area contributed by atoms with Crippen molar-refractivity contribution < 1.29 is 9.59 Å². The molecule has 1 aromatic heterocycles. The van der Waals surface area contributed by atoms with Crippen molar-refractivity contribution in [3.63, 3.8) is 0 Å². The van der Waals surface area contributed by atoms with E-state index in [1.54, 1.807) is 30.5 Å². The van der Waals surface area contributed by atoms with Crippen molar-refractivity contribution in [2.75, 3.05) is 0 Å². The summed E-state index contributed by atoms with van der Waals surface area (Å²) in [6.07, 6.45) is 1.73. The van der Waals surface area contributed by atoms with Crippen molar-refractivity contribution in [2.45, 2.75) is 5.92 Å². The fraction of sp³-hybridized carbons (Fsp3) is 0.0556. The number of nitrogens with zero attached hydrogens (tertiary/aromatic N) is 1. The summed E-state index contributed by atoms with van der Waals surface area (Å²) in [6.45, 7) is 0. The molecule has 0 unspecified atom stereocenters. The van der Waals surface area contributed by atoms with Crippen LogP contribution in [0.15, 0.2) is 60.8 Å². The smallest absolute Gasteiger partial charge is 0.178 e. The molecule has 3 heteroatoms. The van der Waals surface area contributed by atoms with Crippen LogP contribution in [0.3, 0.4) is 0 Å². The van der Waals surface area contributed by atoms with E-state index in [1.807, 2.05) is 30.3 Å². The van der Waals surface area contributed by atoms with E-state index in [9.17, 15) is 9.59 Å². The second-order valence-electron chi connectivity index (χ2n) is 5.16. The Morgan fingerprint density at radius 1 is 0.810 bits per heavy atom. The molecule has 2 aromatic carbocycles. The molecular formula is C18H11NO2. The second kappa shape index (κ2) is 4.35. The molecule has 0 amide bonds. The zero-order chi connectivity index (χ0) is 14.4. The Hall–Kier alpha value is -2.81. The van der Waals surface area contributed by atoms with E-state index in [0.717, 1.165) is 16.5 Å². The molecule has 1 aliphatic carbocycles. The summed E-state index contributed by atoms with van der Waals surface area (Å²) < 4.78 is 0. The van der Waals surface area contributed by atoms with Gasteiger partial charge in [0.15, 0.2) is 11.6 Å². The highest BCUT2D eigenvalue weighted by atomic mass is 16.2. The Labute approximate surface area is 121 Å². The normalized spacial score (nSPS) is 14.7. The Balaban J connectivity index is 1.86. The van der Waals surface area contributed by atoms with Gasteiger partial charge in [0.25, 0.3) is 0 Å². The Kier molecular flexibility index (Phi) is 2.48. The lowest BCUT2D eigenvalue weighted by molar-refractivity contribution is 0.0890. The number of aromatic nitrogens is 1. The van der Waals surface area contributed by atoms with Gasteiger partial charge in [-0.1, -0.05) is 36.4 Å². The van der Waals surface area contributed by atoms with Crippen LogP contribution in [0.4, 0.5) is 0 Å². The van der Waals surface area contributed by atoms with Gasteiger partial charge in [0, 0.05) is 22.7 Å². The first-order chi connectivity index (χ1) is 10.3. The van der Waals surface area contributed by atoms with Gasteiger partial charge in [-0.05, 0) is 23.8 Å². The monoisotopic (exact) mass is 273 g/mol. The van der Waals surface area contributed by atoms with Gasteiger partial charge >= 0.3 is 0 Å². The van der Waals surface area contributed by atoms with E-state index in [1.165, 1.54) is 0 Å². The van der Waals surface area contributed by atoms with E-state index in [2.05, 4.69) is 4.98 Å². The highest BCUT2D eigenvalue weighted by molar-refractivity contribution is 6.29. The molecule has 100 valence electrons. The standard InChI is InChI=1S/C18H11NO2/c20-17-13-5-1-2-6-14(13)18(21)16(17)12-7-8-15-11(10-12)4-3-9-19-15/h1-10,16H. The maximum atomic E-state index is 12.5. The van der Waals surface area contributed by atoms with Crippen LogP contribution in [0.2, 0.25) is 0 Å². The van der Waals surface area contributed by atoms with Crippen LogP contribution in [-0.4, -0.2) is 16.6 Å². The van der Waals surface area contributed by atoms with Crippen LogP contribution >= 0.6 is 0 Å². The average molecular weight is 273 g/mol. The number of carbonyl (C=O) groups excluding carboxylic acids is 2. The van der Waals surface area contributed by atoms with Crippen LogP contribution in [0, 0.1) is 0 Å². The maximum Gasteiger partial charge on any atom is 0.178 e. The molecule has 1 heterocycles. The fourth-order valence-electron chi connectivity index (χ4n) is 2.92. The highest BCUT2D eigenvalue weighted by Crippen LogP contribution is 2.34. The summed E-state index contributed by atoms with van der Waals surface area (Å²) >= 11 is 0. The minimum Gasteiger partial charge on any atom is -0.293 e. The lowest BCUT2D eigenvalue weighted by Crippen LogP contribution is -2.12. The summed E-state index contributed by atoms with van der Waals surface area (Å²) in [7, 11) is 0. The molecule has 0 saturated heterocycles. The minimum atomic E-state index is -0.716. The highest BCUT2D eigenvalue weighted by Gasteiger charge is 2.39. The third kappa shape index (κ3) is 1.71. The fourth-order valence-corrected chi connectivity index (χ4v) is 2.92. The summed E-state index contributed by atoms with van der Waals surface area (Å²) in [5, 5.41) is 0.937. The second-order valence-corrected chi connectivity index (χ2v) is 5.16. The lowest BCUT2D eigenvalue weighted by atomic mass is 9.93. The van der Waals surface area contributed by atoms with Gasteiger partial charge in [-0.15, -0.1) is 0 Å². The van der Waals surface area contributed by atoms with E-state index in [-0.39, 0.29) is 11.6 Å². The van der Waals surface area contributed by atoms with Crippen molar-refractivity contribution in [3.8, 4) is 0 Å². The molecule has 0 radical (unpaired) electrons. The van der Waals surface area contributed by atoms with E-state index < -0.39 is 5.92 Å². The van der Waals surface area contributed by atoms with E-state index >= 15 is 0 Å². The van der Waals surface area contributed by atoms with Gasteiger partial charge in [-0.3, -0.25) is 14.6 Å². The number of ketones is 2. The molecule has 0 fully saturated rings. The molecule has 0 bridgehead atoms. The third-order valence-corrected chi connectivity index (χ3v) is 3.94. The molecular weight excluding hydrogens is 262 g/mol. The van der Waals surface area contributed by atoms with Crippen molar-refractivity contribution in [3.05, 3.63) is 77.5 Å². The number of hydrogen-bond donors (Lipinski definition) is 0. The number of benzene rings is 2. The van der Waals surface area contributed by atoms with Crippen molar-refractivity contribution >= 4 is 22.5 Å². The lowest BCUT2D eigenvalue weighted by Gasteiger charge is -2.08. The van der Waals surface area contributed by atoms with Crippen LogP contribution in [0.25, 0.3) is 10.9 Å². The Morgan fingerprint density at radius 2 is 1.52 bits per heavy atom. The van der Waals surface area contributed by atoms with Gasteiger partial charge in [0.2, 0.25) is 0 Å². The van der Waals surface area contributed by atoms with Crippen LogP contribution in [0.5, 0.6) is 0 Å². The molecule has 3 aromatic rings. The molecule has 0 saturated carbocycles. The maximum absolute atomic E-state index is 12.5. The molecule has 0 atom stereocenters. The number of hydrogen-bond acceptors (Lipinski definition) is 3. The van der Waals surface area contributed by atoms with Gasteiger partial charge in [-0.2, -0.15) is 0 Å². The third-order valence-electron chi connectivity index (χ3n) is 3.94. The van der Waals surface area contributed by atoms with Crippen molar-refractivity contribution in [1.29, 1.82) is 0 Å². The predicted molar refractivity (Wildman–Crippen MR) is 79.6 cm³/mol. The van der Waals surface area contributed by atoms with Gasteiger partial charge in [0.05, 0.1) is 5.52 Å². The summed E-state index contributed by atoms with van der Waals surface area (Å²) in [5.74, 6) is -0.940. The molecule has 3 nitrogen and oxygen atoms in total. The van der Waals surface area contributed by atoms with Gasteiger partial charge in [0.1, 0.15) is 5.92 Å². The average Bonchev–Trinajstić information content (AvgIpc) is 2.79. The van der Waals surface area contributed by atoms with E-state index in [4.69, 9.17) is 0 Å². The first-order valence-electron chi connectivity index (χ1n) is 6.78. The summed E-state index contributed by atoms with van der Waals surface area (Å²) in [6, 6.07) is 16.4. The Morgan fingerprint density at radius 3 is 2.24 bits per heavy atom. The molecule has 0 aliphatic heterocycles. The van der Waals surface area contributed by atoms with Crippen LogP contribution < -0.4 is 0 Å². The number of pyridine rings is 1. The van der Waals surface area contributed by atoms with E-state index in [0.29, 0.717) is 11.1 Å². The number of carbonyl (C=O) groups is 2. The van der Waals surface area contributed by atoms with Gasteiger partial charge in [-0.25, -0.2) is 0 Å².